The van der Waals surface area contributed by atoms with Crippen LogP contribution in [0, 0.1) is 0 Å². The van der Waals surface area contributed by atoms with Crippen molar-refractivity contribution in [2.45, 2.75) is 51.6 Å². The number of rotatable bonds is 5. The zero-order valence-electron chi connectivity index (χ0n) is 10.5. The Morgan fingerprint density at radius 1 is 1.33 bits per heavy atom. The van der Waals surface area contributed by atoms with E-state index in [-0.39, 0.29) is 5.54 Å². The third kappa shape index (κ3) is 2.52. The fourth-order valence-electron chi connectivity index (χ4n) is 2.68. The number of ether oxygens (including phenoxy) is 1. The van der Waals surface area contributed by atoms with Crippen molar-refractivity contribution >= 4 is 0 Å². The molecule has 0 aromatic carbocycles. The first kappa shape index (κ1) is 12.9. The standard InChI is InChI=1S/C12H26N2O/c1-4-11-9-15-8-7-14(11)12(5-2,6-3)10-13/h11H,4-10,13H2,1-3H3. The number of hydrogen-bond donors (Lipinski definition) is 1. The Kier molecular flexibility index (Phi) is 5.03. The molecule has 1 atom stereocenters. The van der Waals surface area contributed by atoms with Gasteiger partial charge in [-0.2, -0.15) is 0 Å². The van der Waals surface area contributed by atoms with E-state index >= 15 is 0 Å². The number of morpholine rings is 1. The van der Waals surface area contributed by atoms with Gasteiger partial charge in [0.2, 0.25) is 0 Å². The molecule has 0 spiro atoms. The minimum absolute atomic E-state index is 0.199. The second-order valence-electron chi connectivity index (χ2n) is 4.47. The van der Waals surface area contributed by atoms with Crippen LogP contribution in [-0.2, 0) is 4.74 Å². The van der Waals surface area contributed by atoms with Gasteiger partial charge in [0.15, 0.2) is 0 Å². The molecule has 0 aromatic rings. The normalized spacial score (nSPS) is 24.4. The molecule has 1 aliphatic heterocycles. The van der Waals surface area contributed by atoms with Crippen molar-refractivity contribution < 1.29 is 4.74 Å². The molecular formula is C12H26N2O. The smallest absolute Gasteiger partial charge is 0.0622 e. The number of nitrogens with zero attached hydrogens (tertiary/aromatic N) is 1. The first-order valence-corrected chi connectivity index (χ1v) is 6.28. The van der Waals surface area contributed by atoms with Crippen LogP contribution in [0.2, 0.25) is 0 Å². The molecule has 1 aliphatic rings. The first-order valence-electron chi connectivity index (χ1n) is 6.28. The van der Waals surface area contributed by atoms with Gasteiger partial charge in [-0.25, -0.2) is 0 Å². The second kappa shape index (κ2) is 5.83. The summed E-state index contributed by atoms with van der Waals surface area (Å²) in [5.74, 6) is 0. The average molecular weight is 214 g/mol. The molecule has 1 rings (SSSR count). The van der Waals surface area contributed by atoms with E-state index < -0.39 is 0 Å². The highest BCUT2D eigenvalue weighted by molar-refractivity contribution is 4.94. The highest BCUT2D eigenvalue weighted by Crippen LogP contribution is 2.28. The van der Waals surface area contributed by atoms with E-state index in [1.165, 1.54) is 0 Å². The SMILES string of the molecule is CCC1COCCN1C(CC)(CC)CN. The Labute approximate surface area is 94.0 Å². The van der Waals surface area contributed by atoms with Gasteiger partial charge < -0.3 is 10.5 Å². The molecule has 0 bridgehead atoms. The van der Waals surface area contributed by atoms with Crippen LogP contribution < -0.4 is 5.73 Å². The topological polar surface area (TPSA) is 38.5 Å². The van der Waals surface area contributed by atoms with Crippen molar-refractivity contribution in [3.05, 3.63) is 0 Å². The molecule has 15 heavy (non-hydrogen) atoms. The van der Waals surface area contributed by atoms with Crippen LogP contribution in [0.15, 0.2) is 0 Å². The summed E-state index contributed by atoms with van der Waals surface area (Å²) in [7, 11) is 0. The molecular weight excluding hydrogens is 188 g/mol. The van der Waals surface area contributed by atoms with Gasteiger partial charge in [0, 0.05) is 24.7 Å². The van der Waals surface area contributed by atoms with Crippen molar-refractivity contribution in [3.8, 4) is 0 Å². The maximum Gasteiger partial charge on any atom is 0.0622 e. The summed E-state index contributed by atoms with van der Waals surface area (Å²) in [6, 6.07) is 0.558. The molecule has 3 nitrogen and oxygen atoms in total. The zero-order chi connectivity index (χ0) is 11.3. The molecule has 0 amide bonds. The molecule has 1 saturated heterocycles. The third-order valence-corrected chi connectivity index (χ3v) is 4.00. The van der Waals surface area contributed by atoms with Gasteiger partial charge in [0.25, 0.3) is 0 Å². The molecule has 90 valence electrons. The number of nitrogens with two attached hydrogens (primary N) is 1. The van der Waals surface area contributed by atoms with Gasteiger partial charge in [0.05, 0.1) is 13.2 Å². The summed E-state index contributed by atoms with van der Waals surface area (Å²) in [5.41, 5.74) is 6.19. The van der Waals surface area contributed by atoms with Crippen LogP contribution in [0.4, 0.5) is 0 Å². The Hall–Kier alpha value is -0.120. The summed E-state index contributed by atoms with van der Waals surface area (Å²) in [5, 5.41) is 0. The molecule has 1 unspecified atom stereocenters. The van der Waals surface area contributed by atoms with E-state index in [1.807, 2.05) is 0 Å². The third-order valence-electron chi connectivity index (χ3n) is 4.00. The highest BCUT2D eigenvalue weighted by Gasteiger charge is 2.37. The van der Waals surface area contributed by atoms with Crippen molar-refractivity contribution in [2.24, 2.45) is 5.73 Å². The highest BCUT2D eigenvalue weighted by atomic mass is 16.5. The van der Waals surface area contributed by atoms with Gasteiger partial charge in [-0.1, -0.05) is 20.8 Å². The maximum atomic E-state index is 5.99. The van der Waals surface area contributed by atoms with E-state index in [0.717, 1.165) is 45.6 Å². The summed E-state index contributed by atoms with van der Waals surface area (Å²) in [6.45, 7) is 10.3. The van der Waals surface area contributed by atoms with E-state index in [0.29, 0.717) is 6.04 Å². The molecule has 3 heteroatoms. The van der Waals surface area contributed by atoms with Crippen LogP contribution in [0.1, 0.15) is 40.0 Å². The number of hydrogen-bond acceptors (Lipinski definition) is 3. The minimum Gasteiger partial charge on any atom is -0.378 e. The van der Waals surface area contributed by atoms with E-state index in [2.05, 4.69) is 25.7 Å². The maximum absolute atomic E-state index is 5.99. The van der Waals surface area contributed by atoms with Crippen LogP contribution in [0.25, 0.3) is 0 Å². The fourth-order valence-corrected chi connectivity index (χ4v) is 2.68. The molecule has 1 fully saturated rings. The summed E-state index contributed by atoms with van der Waals surface area (Å²) in [6.07, 6.45) is 3.43. The molecule has 0 saturated carbocycles. The van der Waals surface area contributed by atoms with Gasteiger partial charge in [-0.05, 0) is 19.3 Å². The van der Waals surface area contributed by atoms with Gasteiger partial charge >= 0.3 is 0 Å². The molecule has 1 heterocycles. The molecule has 0 aromatic heterocycles. The summed E-state index contributed by atoms with van der Waals surface area (Å²) >= 11 is 0. The van der Waals surface area contributed by atoms with E-state index in [4.69, 9.17) is 10.5 Å². The Balaban J connectivity index is 2.79. The summed E-state index contributed by atoms with van der Waals surface area (Å²) < 4.78 is 5.55. The van der Waals surface area contributed by atoms with E-state index in [9.17, 15) is 0 Å². The van der Waals surface area contributed by atoms with Crippen molar-refractivity contribution in [1.29, 1.82) is 0 Å². The van der Waals surface area contributed by atoms with Gasteiger partial charge in [0.1, 0.15) is 0 Å². The molecule has 0 aliphatic carbocycles. The lowest BCUT2D eigenvalue weighted by Gasteiger charge is -2.48. The minimum atomic E-state index is 0.199. The largest absolute Gasteiger partial charge is 0.378 e. The van der Waals surface area contributed by atoms with Crippen LogP contribution >= 0.6 is 0 Å². The van der Waals surface area contributed by atoms with Crippen molar-refractivity contribution in [3.63, 3.8) is 0 Å². The molecule has 2 N–H and O–H groups in total. The van der Waals surface area contributed by atoms with Crippen LogP contribution in [0.5, 0.6) is 0 Å². The zero-order valence-corrected chi connectivity index (χ0v) is 10.5. The Morgan fingerprint density at radius 3 is 2.47 bits per heavy atom. The van der Waals surface area contributed by atoms with E-state index in [1.54, 1.807) is 0 Å². The summed E-state index contributed by atoms with van der Waals surface area (Å²) in [4.78, 5) is 2.59. The van der Waals surface area contributed by atoms with Crippen molar-refractivity contribution in [1.82, 2.24) is 4.90 Å². The van der Waals surface area contributed by atoms with Gasteiger partial charge in [-0.15, -0.1) is 0 Å². The lowest BCUT2D eigenvalue weighted by molar-refractivity contribution is -0.0667. The monoisotopic (exact) mass is 214 g/mol. The second-order valence-corrected chi connectivity index (χ2v) is 4.47. The fraction of sp³-hybridized carbons (Fsp3) is 1.00. The lowest BCUT2D eigenvalue weighted by Crippen LogP contribution is -2.61. The lowest BCUT2D eigenvalue weighted by atomic mass is 9.88. The van der Waals surface area contributed by atoms with Crippen LogP contribution in [0.3, 0.4) is 0 Å². The molecule has 0 radical (unpaired) electrons. The quantitative estimate of drug-likeness (QED) is 0.755. The predicted molar refractivity (Wildman–Crippen MR) is 64.0 cm³/mol. The average Bonchev–Trinajstić information content (AvgIpc) is 2.33. The Bertz CT molecular complexity index is 172. The Morgan fingerprint density at radius 2 is 2.00 bits per heavy atom. The predicted octanol–water partition coefficient (Wildman–Crippen LogP) is 1.61. The first-order chi connectivity index (χ1) is 7.24. The van der Waals surface area contributed by atoms with Crippen molar-refractivity contribution in [2.75, 3.05) is 26.3 Å². The van der Waals surface area contributed by atoms with Gasteiger partial charge in [-0.3, -0.25) is 4.90 Å². The van der Waals surface area contributed by atoms with Crippen LogP contribution in [-0.4, -0.2) is 42.8 Å².